The Labute approximate surface area is 97.6 Å². The van der Waals surface area contributed by atoms with E-state index in [2.05, 4.69) is 30.2 Å². The van der Waals surface area contributed by atoms with Crippen LogP contribution in [0.1, 0.15) is 39.5 Å². The van der Waals surface area contributed by atoms with E-state index in [1.807, 2.05) is 0 Å². The van der Waals surface area contributed by atoms with E-state index in [0.29, 0.717) is 18.9 Å². The standard InChI is InChI=1S/C11H22N4O/c1-10(2)15(9-5-7-12)8-4-3-6-11(16)14-13/h10H,3-6,8-9,13H2,1-2H3,(H,14,16). The summed E-state index contributed by atoms with van der Waals surface area (Å²) in [5, 5.41) is 8.53. The van der Waals surface area contributed by atoms with Crippen LogP contribution in [0.4, 0.5) is 0 Å². The fraction of sp³-hybridized carbons (Fsp3) is 0.818. The lowest BCUT2D eigenvalue weighted by molar-refractivity contribution is -0.121. The van der Waals surface area contributed by atoms with Gasteiger partial charge in [-0.05, 0) is 33.2 Å². The topological polar surface area (TPSA) is 82.2 Å². The highest BCUT2D eigenvalue weighted by molar-refractivity contribution is 5.75. The van der Waals surface area contributed by atoms with Crippen LogP contribution in [0.2, 0.25) is 0 Å². The fourth-order valence-corrected chi connectivity index (χ4v) is 1.49. The summed E-state index contributed by atoms with van der Waals surface area (Å²) < 4.78 is 0. The number of nitrogens with one attached hydrogen (secondary N) is 1. The van der Waals surface area contributed by atoms with Crippen molar-refractivity contribution >= 4 is 5.91 Å². The summed E-state index contributed by atoms with van der Waals surface area (Å²) in [7, 11) is 0. The van der Waals surface area contributed by atoms with Gasteiger partial charge in [-0.25, -0.2) is 5.84 Å². The smallest absolute Gasteiger partial charge is 0.233 e. The number of carbonyl (C=O) groups is 1. The van der Waals surface area contributed by atoms with Gasteiger partial charge in [0.25, 0.3) is 0 Å². The van der Waals surface area contributed by atoms with Crippen molar-refractivity contribution in [3.05, 3.63) is 0 Å². The Balaban J connectivity index is 3.68. The van der Waals surface area contributed by atoms with Gasteiger partial charge in [-0.15, -0.1) is 0 Å². The van der Waals surface area contributed by atoms with E-state index >= 15 is 0 Å². The average Bonchev–Trinajstić information content (AvgIpc) is 2.27. The molecule has 1 amide bonds. The van der Waals surface area contributed by atoms with Crippen molar-refractivity contribution in [1.82, 2.24) is 10.3 Å². The van der Waals surface area contributed by atoms with Crippen LogP contribution in [0, 0.1) is 11.3 Å². The van der Waals surface area contributed by atoms with E-state index in [-0.39, 0.29) is 5.91 Å². The number of hydrazine groups is 1. The van der Waals surface area contributed by atoms with E-state index in [9.17, 15) is 4.79 Å². The van der Waals surface area contributed by atoms with Crippen molar-refractivity contribution in [2.24, 2.45) is 5.84 Å². The fourth-order valence-electron chi connectivity index (χ4n) is 1.49. The molecule has 0 aromatic heterocycles. The summed E-state index contributed by atoms with van der Waals surface area (Å²) in [4.78, 5) is 13.1. The maximum Gasteiger partial charge on any atom is 0.233 e. The number of nitrogens with two attached hydrogens (primary N) is 1. The number of amides is 1. The van der Waals surface area contributed by atoms with E-state index in [4.69, 9.17) is 11.1 Å². The lowest BCUT2D eigenvalue weighted by Gasteiger charge is -2.25. The van der Waals surface area contributed by atoms with Crippen LogP contribution in [0.25, 0.3) is 0 Å². The quantitative estimate of drug-likeness (QED) is 0.277. The second kappa shape index (κ2) is 9.13. The maximum absolute atomic E-state index is 10.9. The largest absolute Gasteiger partial charge is 0.300 e. The Hall–Kier alpha value is -1.12. The molecule has 0 saturated carbocycles. The van der Waals surface area contributed by atoms with E-state index < -0.39 is 0 Å². The maximum atomic E-state index is 10.9. The molecule has 0 heterocycles. The van der Waals surface area contributed by atoms with Crippen molar-refractivity contribution < 1.29 is 4.79 Å². The minimum atomic E-state index is -0.117. The Morgan fingerprint density at radius 1 is 1.44 bits per heavy atom. The highest BCUT2D eigenvalue weighted by Crippen LogP contribution is 2.04. The van der Waals surface area contributed by atoms with Crippen LogP contribution < -0.4 is 11.3 Å². The SMILES string of the molecule is CC(C)N(CCC#N)CCCCC(=O)NN. The number of carbonyl (C=O) groups excluding carboxylic acids is 1. The Morgan fingerprint density at radius 3 is 2.62 bits per heavy atom. The summed E-state index contributed by atoms with van der Waals surface area (Å²) in [5.74, 6) is 4.86. The van der Waals surface area contributed by atoms with Gasteiger partial charge in [0.2, 0.25) is 5.91 Å². The molecule has 0 rings (SSSR count). The lowest BCUT2D eigenvalue weighted by Crippen LogP contribution is -2.33. The molecule has 0 unspecified atom stereocenters. The van der Waals surface area contributed by atoms with Crippen molar-refractivity contribution in [1.29, 1.82) is 5.26 Å². The Kier molecular flexibility index (Phi) is 8.49. The minimum absolute atomic E-state index is 0.117. The van der Waals surface area contributed by atoms with Gasteiger partial charge in [-0.1, -0.05) is 0 Å². The summed E-state index contributed by atoms with van der Waals surface area (Å²) in [6.45, 7) is 5.96. The van der Waals surface area contributed by atoms with Gasteiger partial charge in [-0.2, -0.15) is 5.26 Å². The molecule has 0 atom stereocenters. The third-order valence-corrected chi connectivity index (χ3v) is 2.50. The molecule has 0 aromatic carbocycles. The molecule has 0 aliphatic rings. The molecule has 0 radical (unpaired) electrons. The molecule has 0 aliphatic heterocycles. The molecule has 16 heavy (non-hydrogen) atoms. The predicted molar refractivity (Wildman–Crippen MR) is 63.1 cm³/mol. The van der Waals surface area contributed by atoms with Crippen LogP contribution in [0.15, 0.2) is 0 Å². The number of hydrogen-bond acceptors (Lipinski definition) is 4. The first-order valence-electron chi connectivity index (χ1n) is 5.72. The third-order valence-electron chi connectivity index (χ3n) is 2.50. The van der Waals surface area contributed by atoms with Gasteiger partial charge in [-0.3, -0.25) is 15.1 Å². The van der Waals surface area contributed by atoms with Crippen LogP contribution >= 0.6 is 0 Å². The van der Waals surface area contributed by atoms with E-state index in [1.54, 1.807) is 0 Å². The molecule has 0 spiro atoms. The van der Waals surface area contributed by atoms with Gasteiger partial charge in [0.15, 0.2) is 0 Å². The number of hydrogen-bond donors (Lipinski definition) is 2. The average molecular weight is 226 g/mol. The highest BCUT2D eigenvalue weighted by atomic mass is 16.2. The summed E-state index contributed by atoms with van der Waals surface area (Å²) in [6.07, 6.45) is 2.82. The van der Waals surface area contributed by atoms with Gasteiger partial charge in [0, 0.05) is 25.4 Å². The molecule has 3 N–H and O–H groups in total. The first kappa shape index (κ1) is 14.9. The highest BCUT2D eigenvalue weighted by Gasteiger charge is 2.08. The number of rotatable bonds is 8. The summed E-state index contributed by atoms with van der Waals surface area (Å²) >= 11 is 0. The molecule has 0 aliphatic carbocycles. The van der Waals surface area contributed by atoms with Gasteiger partial charge in [0.1, 0.15) is 0 Å². The van der Waals surface area contributed by atoms with E-state index in [0.717, 1.165) is 25.9 Å². The third kappa shape index (κ3) is 7.21. The second-order valence-electron chi connectivity index (χ2n) is 4.06. The van der Waals surface area contributed by atoms with Crippen molar-refractivity contribution in [3.8, 4) is 6.07 Å². The van der Waals surface area contributed by atoms with Gasteiger partial charge < -0.3 is 0 Å². The molecule has 92 valence electrons. The molecule has 5 heteroatoms. The molecule has 5 nitrogen and oxygen atoms in total. The zero-order chi connectivity index (χ0) is 12.4. The van der Waals surface area contributed by atoms with Gasteiger partial charge >= 0.3 is 0 Å². The van der Waals surface area contributed by atoms with Crippen molar-refractivity contribution in [2.75, 3.05) is 13.1 Å². The zero-order valence-electron chi connectivity index (χ0n) is 10.2. The summed E-state index contributed by atoms with van der Waals surface area (Å²) in [6, 6.07) is 2.59. The van der Waals surface area contributed by atoms with Crippen LogP contribution in [-0.2, 0) is 4.79 Å². The monoisotopic (exact) mass is 226 g/mol. The zero-order valence-corrected chi connectivity index (χ0v) is 10.2. The number of nitriles is 1. The van der Waals surface area contributed by atoms with E-state index in [1.165, 1.54) is 0 Å². The van der Waals surface area contributed by atoms with Crippen LogP contribution in [0.3, 0.4) is 0 Å². The molecular weight excluding hydrogens is 204 g/mol. The van der Waals surface area contributed by atoms with Crippen molar-refractivity contribution in [3.63, 3.8) is 0 Å². The molecule has 0 aromatic rings. The first-order valence-corrected chi connectivity index (χ1v) is 5.72. The molecular formula is C11H22N4O. The minimum Gasteiger partial charge on any atom is -0.300 e. The Bertz CT molecular complexity index is 235. The number of unbranched alkanes of at least 4 members (excludes halogenated alkanes) is 1. The predicted octanol–water partition coefficient (Wildman–Crippen LogP) is 0.771. The molecule has 0 fully saturated rings. The normalized spacial score (nSPS) is 10.5. The Morgan fingerprint density at radius 2 is 2.12 bits per heavy atom. The van der Waals surface area contributed by atoms with Crippen molar-refractivity contribution in [2.45, 2.75) is 45.6 Å². The first-order chi connectivity index (χ1) is 7.61. The molecule has 0 bridgehead atoms. The summed E-state index contributed by atoms with van der Waals surface area (Å²) in [5.41, 5.74) is 2.11. The lowest BCUT2D eigenvalue weighted by atomic mass is 10.2. The van der Waals surface area contributed by atoms with Crippen LogP contribution in [0.5, 0.6) is 0 Å². The van der Waals surface area contributed by atoms with Crippen LogP contribution in [-0.4, -0.2) is 29.9 Å². The second-order valence-corrected chi connectivity index (χ2v) is 4.06. The van der Waals surface area contributed by atoms with Gasteiger partial charge in [0.05, 0.1) is 6.07 Å². The number of nitrogens with zero attached hydrogens (tertiary/aromatic N) is 2. The molecule has 0 saturated heterocycles.